The van der Waals surface area contributed by atoms with Gasteiger partial charge in [0.1, 0.15) is 12.4 Å². The van der Waals surface area contributed by atoms with E-state index in [4.69, 9.17) is 16.3 Å². The molecule has 2 N–H and O–H groups in total. The summed E-state index contributed by atoms with van der Waals surface area (Å²) >= 11 is 6.05. The Kier molecular flexibility index (Phi) is 5.30. The maximum atomic E-state index is 10.3. The Balaban J connectivity index is 2.02. The van der Waals surface area contributed by atoms with Gasteiger partial charge in [0.05, 0.1) is 5.60 Å². The van der Waals surface area contributed by atoms with Crippen molar-refractivity contribution in [2.24, 2.45) is 0 Å². The fourth-order valence-corrected chi connectivity index (χ4v) is 2.73. The number of aliphatic hydroxyl groups is 1. The third-order valence-electron chi connectivity index (χ3n) is 3.75. The molecular formula is C16H24ClNO2. The molecule has 0 unspecified atom stereocenters. The Morgan fingerprint density at radius 1 is 1.35 bits per heavy atom. The Morgan fingerprint density at radius 3 is 2.70 bits per heavy atom. The van der Waals surface area contributed by atoms with Crippen molar-refractivity contribution in [3.8, 4) is 5.75 Å². The molecule has 112 valence electrons. The molecule has 1 aromatic rings. The summed E-state index contributed by atoms with van der Waals surface area (Å²) in [6, 6.07) is 6.04. The monoisotopic (exact) mass is 297 g/mol. The summed E-state index contributed by atoms with van der Waals surface area (Å²) in [5.74, 6) is 0.808. The minimum atomic E-state index is -0.650. The van der Waals surface area contributed by atoms with Gasteiger partial charge in [-0.15, -0.1) is 0 Å². The molecule has 0 atom stereocenters. The number of ether oxygens (including phenoxy) is 1. The number of halogens is 1. The van der Waals surface area contributed by atoms with E-state index in [2.05, 4.69) is 19.2 Å². The third kappa shape index (κ3) is 4.37. The van der Waals surface area contributed by atoms with Gasteiger partial charge in [0.2, 0.25) is 0 Å². The van der Waals surface area contributed by atoms with Gasteiger partial charge < -0.3 is 15.2 Å². The standard InChI is InChI=1S/C16H24ClNO2/c1-12(2)18-10-13-9-14(17)5-6-15(13)20-11-16(19)7-3-4-8-16/h5-6,9,12,18-19H,3-4,7-8,10-11H2,1-2H3. The van der Waals surface area contributed by atoms with Crippen LogP contribution in [-0.4, -0.2) is 23.4 Å². The first-order chi connectivity index (χ1) is 9.48. The zero-order chi connectivity index (χ0) is 14.6. The lowest BCUT2D eigenvalue weighted by molar-refractivity contribution is 0.00111. The molecule has 0 aliphatic heterocycles. The second kappa shape index (κ2) is 6.79. The van der Waals surface area contributed by atoms with E-state index in [0.29, 0.717) is 24.2 Å². The van der Waals surface area contributed by atoms with E-state index in [0.717, 1.165) is 37.0 Å². The lowest BCUT2D eigenvalue weighted by Gasteiger charge is -2.23. The van der Waals surface area contributed by atoms with E-state index in [1.165, 1.54) is 0 Å². The van der Waals surface area contributed by atoms with E-state index in [9.17, 15) is 5.11 Å². The molecule has 1 saturated carbocycles. The average molecular weight is 298 g/mol. The van der Waals surface area contributed by atoms with Crippen molar-refractivity contribution in [3.63, 3.8) is 0 Å². The Morgan fingerprint density at radius 2 is 2.05 bits per heavy atom. The fourth-order valence-electron chi connectivity index (χ4n) is 2.53. The molecule has 1 fully saturated rings. The number of benzene rings is 1. The quantitative estimate of drug-likeness (QED) is 0.844. The van der Waals surface area contributed by atoms with Gasteiger partial charge in [-0.2, -0.15) is 0 Å². The molecule has 0 amide bonds. The first-order valence-corrected chi connectivity index (χ1v) is 7.73. The smallest absolute Gasteiger partial charge is 0.124 e. The number of hydrogen-bond acceptors (Lipinski definition) is 3. The lowest BCUT2D eigenvalue weighted by Crippen LogP contribution is -2.32. The zero-order valence-corrected chi connectivity index (χ0v) is 13.0. The summed E-state index contributed by atoms with van der Waals surface area (Å²) in [5, 5.41) is 14.4. The molecule has 0 bridgehead atoms. The molecule has 0 spiro atoms. The molecular weight excluding hydrogens is 274 g/mol. The molecule has 0 saturated heterocycles. The normalized spacial score (nSPS) is 17.6. The van der Waals surface area contributed by atoms with Crippen molar-refractivity contribution in [2.75, 3.05) is 6.61 Å². The van der Waals surface area contributed by atoms with Gasteiger partial charge in [0, 0.05) is 23.2 Å². The van der Waals surface area contributed by atoms with Crippen LogP contribution in [-0.2, 0) is 6.54 Å². The van der Waals surface area contributed by atoms with Crippen molar-refractivity contribution in [1.29, 1.82) is 0 Å². The van der Waals surface area contributed by atoms with Crippen molar-refractivity contribution in [2.45, 2.75) is 57.7 Å². The zero-order valence-electron chi connectivity index (χ0n) is 12.3. The maximum Gasteiger partial charge on any atom is 0.124 e. The van der Waals surface area contributed by atoms with Gasteiger partial charge >= 0.3 is 0 Å². The lowest BCUT2D eigenvalue weighted by atomic mass is 10.0. The molecule has 2 rings (SSSR count). The van der Waals surface area contributed by atoms with Crippen molar-refractivity contribution >= 4 is 11.6 Å². The molecule has 20 heavy (non-hydrogen) atoms. The Bertz CT molecular complexity index is 442. The van der Waals surface area contributed by atoms with Crippen LogP contribution in [0.4, 0.5) is 0 Å². The van der Waals surface area contributed by atoms with Crippen LogP contribution < -0.4 is 10.1 Å². The highest BCUT2D eigenvalue weighted by Gasteiger charge is 2.32. The van der Waals surface area contributed by atoms with Crippen molar-refractivity contribution in [3.05, 3.63) is 28.8 Å². The van der Waals surface area contributed by atoms with Gasteiger partial charge in [-0.3, -0.25) is 0 Å². The van der Waals surface area contributed by atoms with Gasteiger partial charge in [-0.1, -0.05) is 38.3 Å². The maximum absolute atomic E-state index is 10.3. The summed E-state index contributed by atoms with van der Waals surface area (Å²) < 4.78 is 5.86. The minimum absolute atomic E-state index is 0.364. The van der Waals surface area contributed by atoms with Gasteiger partial charge in [-0.25, -0.2) is 0 Å². The topological polar surface area (TPSA) is 41.5 Å². The molecule has 0 aromatic heterocycles. The highest BCUT2D eigenvalue weighted by Crippen LogP contribution is 2.31. The molecule has 0 heterocycles. The number of hydrogen-bond donors (Lipinski definition) is 2. The van der Waals surface area contributed by atoms with Crippen LogP contribution in [0.5, 0.6) is 5.75 Å². The largest absolute Gasteiger partial charge is 0.490 e. The average Bonchev–Trinajstić information content (AvgIpc) is 2.82. The van der Waals surface area contributed by atoms with Gasteiger partial charge in [0.25, 0.3) is 0 Å². The minimum Gasteiger partial charge on any atom is -0.490 e. The van der Waals surface area contributed by atoms with E-state index >= 15 is 0 Å². The Hall–Kier alpha value is -0.770. The molecule has 1 aliphatic rings. The summed E-state index contributed by atoms with van der Waals surface area (Å²) in [4.78, 5) is 0. The summed E-state index contributed by atoms with van der Waals surface area (Å²) in [6.07, 6.45) is 3.84. The first kappa shape index (κ1) is 15.6. The van der Waals surface area contributed by atoms with E-state index in [1.54, 1.807) is 0 Å². The number of nitrogens with one attached hydrogen (secondary N) is 1. The van der Waals surface area contributed by atoms with Gasteiger partial charge in [-0.05, 0) is 31.0 Å². The SMILES string of the molecule is CC(C)NCc1cc(Cl)ccc1OCC1(O)CCCC1. The summed E-state index contributed by atoms with van der Waals surface area (Å²) in [7, 11) is 0. The highest BCUT2D eigenvalue weighted by molar-refractivity contribution is 6.30. The van der Waals surface area contributed by atoms with Crippen LogP contribution >= 0.6 is 11.6 Å². The summed E-state index contributed by atoms with van der Waals surface area (Å²) in [6.45, 7) is 5.29. The fraction of sp³-hybridized carbons (Fsp3) is 0.625. The molecule has 0 radical (unpaired) electrons. The second-order valence-corrected chi connectivity index (χ2v) is 6.44. The van der Waals surface area contributed by atoms with Crippen LogP contribution in [0.15, 0.2) is 18.2 Å². The number of rotatable bonds is 6. The van der Waals surface area contributed by atoms with E-state index in [1.807, 2.05) is 18.2 Å². The second-order valence-electron chi connectivity index (χ2n) is 6.01. The van der Waals surface area contributed by atoms with Crippen LogP contribution in [0.25, 0.3) is 0 Å². The van der Waals surface area contributed by atoms with Crippen molar-refractivity contribution < 1.29 is 9.84 Å². The Labute approximate surface area is 126 Å². The predicted octanol–water partition coefficient (Wildman–Crippen LogP) is 3.52. The molecule has 1 aliphatic carbocycles. The van der Waals surface area contributed by atoms with E-state index < -0.39 is 5.60 Å². The van der Waals surface area contributed by atoms with E-state index in [-0.39, 0.29) is 0 Å². The van der Waals surface area contributed by atoms with Crippen LogP contribution in [0.2, 0.25) is 5.02 Å². The van der Waals surface area contributed by atoms with Crippen LogP contribution in [0.3, 0.4) is 0 Å². The highest BCUT2D eigenvalue weighted by atomic mass is 35.5. The predicted molar refractivity (Wildman–Crippen MR) is 82.3 cm³/mol. The van der Waals surface area contributed by atoms with Gasteiger partial charge in [0.15, 0.2) is 0 Å². The summed E-state index contributed by atoms with van der Waals surface area (Å²) in [5.41, 5.74) is 0.385. The molecule has 1 aromatic carbocycles. The van der Waals surface area contributed by atoms with Crippen LogP contribution in [0.1, 0.15) is 45.1 Å². The first-order valence-electron chi connectivity index (χ1n) is 7.35. The third-order valence-corrected chi connectivity index (χ3v) is 3.99. The van der Waals surface area contributed by atoms with Crippen LogP contribution in [0, 0.1) is 0 Å². The van der Waals surface area contributed by atoms with Crippen molar-refractivity contribution in [1.82, 2.24) is 5.32 Å². The molecule has 3 nitrogen and oxygen atoms in total. The molecule has 4 heteroatoms.